The summed E-state index contributed by atoms with van der Waals surface area (Å²) in [6.07, 6.45) is -0.0703. The normalized spacial score (nSPS) is 15.8. The van der Waals surface area contributed by atoms with Gasteiger partial charge in [-0.15, -0.1) is 0 Å². The molecule has 0 saturated heterocycles. The average Bonchev–Trinajstić information content (AvgIpc) is 2.32. The summed E-state index contributed by atoms with van der Waals surface area (Å²) >= 11 is 0. The molecule has 0 aliphatic carbocycles. The molecule has 0 saturated carbocycles. The Kier molecular flexibility index (Phi) is 6.05. The van der Waals surface area contributed by atoms with Gasteiger partial charge in [-0.25, -0.2) is 8.42 Å². The van der Waals surface area contributed by atoms with Crippen LogP contribution < -0.4 is 0 Å². The quantitative estimate of drug-likeness (QED) is 0.745. The van der Waals surface area contributed by atoms with Crippen LogP contribution in [-0.4, -0.2) is 20.8 Å². The Morgan fingerprint density at radius 1 is 1.20 bits per heavy atom. The van der Waals surface area contributed by atoms with Gasteiger partial charge in [-0.2, -0.15) is 0 Å². The third-order valence-electron chi connectivity index (χ3n) is 3.44. The van der Waals surface area contributed by atoms with Gasteiger partial charge >= 0.3 is 0 Å². The van der Waals surface area contributed by atoms with Crippen LogP contribution in [0.1, 0.15) is 39.4 Å². The van der Waals surface area contributed by atoms with Crippen molar-refractivity contribution in [1.82, 2.24) is 0 Å². The molecule has 20 heavy (non-hydrogen) atoms. The molecule has 1 rings (SSSR count). The Morgan fingerprint density at radius 3 is 2.20 bits per heavy atom. The fourth-order valence-electron chi connectivity index (χ4n) is 1.87. The zero-order valence-corrected chi connectivity index (χ0v) is 14.0. The molecule has 0 N–H and O–H groups in total. The third kappa shape index (κ3) is 6.25. The highest BCUT2D eigenvalue weighted by Crippen LogP contribution is 2.30. The summed E-state index contributed by atoms with van der Waals surface area (Å²) in [6.45, 7) is 8.32. The highest BCUT2D eigenvalue weighted by Gasteiger charge is 2.29. The van der Waals surface area contributed by atoms with Crippen LogP contribution in [0.4, 0.5) is 0 Å². The molecule has 0 aliphatic rings. The molecule has 0 amide bonds. The smallest absolute Gasteiger partial charge is 0.232 e. The topological polar surface area (TPSA) is 43.4 Å². The Bertz CT molecular complexity index is 506. The summed E-state index contributed by atoms with van der Waals surface area (Å²) in [5.74, 6) is -0.212. The molecule has 0 fully saturated rings. The molecule has 0 bridgehead atoms. The summed E-state index contributed by atoms with van der Waals surface area (Å²) < 4.78 is 28.5. The van der Waals surface area contributed by atoms with Gasteiger partial charge in [-0.05, 0) is 17.9 Å². The summed E-state index contributed by atoms with van der Waals surface area (Å²) in [6, 6.07) is 9.86. The first-order valence-corrected chi connectivity index (χ1v) is 9.16. The minimum absolute atomic E-state index is 0.0699. The second-order valence-corrected chi connectivity index (χ2v) is 8.98. The van der Waals surface area contributed by atoms with Crippen LogP contribution in [0, 0.1) is 11.3 Å². The lowest BCUT2D eigenvalue weighted by atomic mass is 9.82. The van der Waals surface area contributed by atoms with Crippen molar-refractivity contribution >= 4 is 19.7 Å². The Balaban J connectivity index is 2.68. The van der Waals surface area contributed by atoms with Gasteiger partial charge in [-0.1, -0.05) is 51.1 Å². The molecule has 0 radical (unpaired) electrons. The Morgan fingerprint density at radius 2 is 1.75 bits per heavy atom. The van der Waals surface area contributed by atoms with Gasteiger partial charge < -0.3 is 4.74 Å². The van der Waals surface area contributed by atoms with E-state index in [1.807, 2.05) is 58.0 Å². The van der Waals surface area contributed by atoms with Gasteiger partial charge in [0.15, 0.2) is 0 Å². The first kappa shape index (κ1) is 17.5. The van der Waals surface area contributed by atoms with E-state index in [0.29, 0.717) is 6.61 Å². The predicted octanol–water partition coefficient (Wildman–Crippen LogP) is 4.00. The lowest BCUT2D eigenvalue weighted by molar-refractivity contribution is 0.0169. The van der Waals surface area contributed by atoms with Crippen molar-refractivity contribution in [2.45, 2.75) is 33.8 Å². The van der Waals surface area contributed by atoms with Crippen molar-refractivity contribution in [2.24, 2.45) is 11.3 Å². The van der Waals surface area contributed by atoms with E-state index < -0.39 is 9.05 Å². The second kappa shape index (κ2) is 6.92. The molecular weight excluding hydrogens is 296 g/mol. The average molecular weight is 319 g/mol. The molecule has 5 heteroatoms. The lowest BCUT2D eigenvalue weighted by Crippen LogP contribution is -2.31. The lowest BCUT2D eigenvalue weighted by Gasteiger charge is -2.30. The summed E-state index contributed by atoms with van der Waals surface area (Å²) in [5, 5.41) is 0. The van der Waals surface area contributed by atoms with E-state index in [4.69, 9.17) is 15.4 Å². The van der Waals surface area contributed by atoms with Gasteiger partial charge in [0.05, 0.1) is 18.5 Å². The summed E-state index contributed by atoms with van der Waals surface area (Å²) in [4.78, 5) is 0. The molecule has 114 valence electrons. The number of hydrogen-bond acceptors (Lipinski definition) is 3. The summed E-state index contributed by atoms with van der Waals surface area (Å²) in [7, 11) is 1.86. The van der Waals surface area contributed by atoms with E-state index in [2.05, 4.69) is 0 Å². The first-order valence-electron chi connectivity index (χ1n) is 6.68. The van der Waals surface area contributed by atoms with E-state index in [1.54, 1.807) is 0 Å². The Labute approximate surface area is 126 Å². The number of benzene rings is 1. The molecular formula is C15H23ClO3S. The number of hydrogen-bond donors (Lipinski definition) is 0. The van der Waals surface area contributed by atoms with Gasteiger partial charge in [0.1, 0.15) is 0 Å². The largest absolute Gasteiger partial charge is 0.373 e. The fourth-order valence-corrected chi connectivity index (χ4v) is 3.40. The van der Waals surface area contributed by atoms with Crippen LogP contribution in [-0.2, 0) is 13.8 Å². The number of halogens is 1. The van der Waals surface area contributed by atoms with Crippen molar-refractivity contribution < 1.29 is 13.2 Å². The van der Waals surface area contributed by atoms with Crippen molar-refractivity contribution in [3.8, 4) is 0 Å². The molecule has 2 unspecified atom stereocenters. The van der Waals surface area contributed by atoms with Gasteiger partial charge in [0.2, 0.25) is 9.05 Å². The van der Waals surface area contributed by atoms with Gasteiger partial charge in [0.25, 0.3) is 0 Å². The Hall–Kier alpha value is -0.580. The number of ether oxygens (including phenoxy) is 1. The standard InChI is InChI=1S/C15H23ClO3S/c1-12(13-8-6-5-7-9-13)19-10-14(15(2,3)4)11-20(16,17)18/h5-9,12,14H,10-11H2,1-4H3. The van der Waals surface area contributed by atoms with Crippen molar-refractivity contribution in [1.29, 1.82) is 0 Å². The molecule has 0 aromatic heterocycles. The highest BCUT2D eigenvalue weighted by molar-refractivity contribution is 8.13. The summed E-state index contributed by atoms with van der Waals surface area (Å²) in [5.41, 5.74) is 0.896. The van der Waals surface area contributed by atoms with Crippen LogP contribution in [0.3, 0.4) is 0 Å². The maximum absolute atomic E-state index is 11.3. The molecule has 2 atom stereocenters. The van der Waals surface area contributed by atoms with Crippen LogP contribution in [0.5, 0.6) is 0 Å². The number of rotatable bonds is 6. The fraction of sp³-hybridized carbons (Fsp3) is 0.600. The van der Waals surface area contributed by atoms with Crippen molar-refractivity contribution in [2.75, 3.05) is 12.4 Å². The van der Waals surface area contributed by atoms with Crippen molar-refractivity contribution in [3.05, 3.63) is 35.9 Å². The van der Waals surface area contributed by atoms with Crippen molar-refractivity contribution in [3.63, 3.8) is 0 Å². The van der Waals surface area contributed by atoms with Crippen LogP contribution in [0.25, 0.3) is 0 Å². The molecule has 0 spiro atoms. The maximum Gasteiger partial charge on any atom is 0.232 e. The van der Waals surface area contributed by atoms with Crippen LogP contribution in [0.2, 0.25) is 0 Å². The monoisotopic (exact) mass is 318 g/mol. The molecule has 0 aliphatic heterocycles. The molecule has 1 aromatic carbocycles. The maximum atomic E-state index is 11.3. The van der Waals surface area contributed by atoms with E-state index >= 15 is 0 Å². The van der Waals surface area contributed by atoms with Crippen LogP contribution in [0.15, 0.2) is 30.3 Å². The zero-order valence-electron chi connectivity index (χ0n) is 12.5. The zero-order chi connectivity index (χ0) is 15.4. The second-order valence-electron chi connectivity index (χ2n) is 6.15. The van der Waals surface area contributed by atoms with E-state index in [-0.39, 0.29) is 23.2 Å². The predicted molar refractivity (Wildman–Crippen MR) is 83.4 cm³/mol. The minimum atomic E-state index is -3.53. The van der Waals surface area contributed by atoms with Crippen LogP contribution >= 0.6 is 10.7 Å². The van der Waals surface area contributed by atoms with E-state index in [9.17, 15) is 8.42 Å². The highest BCUT2D eigenvalue weighted by atomic mass is 35.7. The minimum Gasteiger partial charge on any atom is -0.373 e. The third-order valence-corrected chi connectivity index (χ3v) is 4.62. The van der Waals surface area contributed by atoms with Gasteiger partial charge in [0, 0.05) is 16.6 Å². The first-order chi connectivity index (χ1) is 9.09. The van der Waals surface area contributed by atoms with Gasteiger partial charge in [-0.3, -0.25) is 0 Å². The van der Waals surface area contributed by atoms with E-state index in [0.717, 1.165) is 5.56 Å². The SMILES string of the molecule is CC(OCC(CS(=O)(=O)Cl)C(C)(C)C)c1ccccc1. The molecule has 0 heterocycles. The molecule has 3 nitrogen and oxygen atoms in total. The van der Waals surface area contributed by atoms with E-state index in [1.165, 1.54) is 0 Å². The molecule has 1 aromatic rings.